The monoisotopic (exact) mass is 264 g/mol. The van der Waals surface area contributed by atoms with Crippen molar-refractivity contribution in [2.75, 3.05) is 33.3 Å². The zero-order valence-electron chi connectivity index (χ0n) is 10.7. The van der Waals surface area contributed by atoms with Crippen molar-refractivity contribution in [1.82, 2.24) is 9.80 Å². The molecular weight excluding hydrogens is 248 g/mol. The zero-order chi connectivity index (χ0) is 13.7. The molecule has 1 heterocycles. The molecule has 0 bridgehead atoms. The molecule has 0 spiro atoms. The zero-order valence-corrected chi connectivity index (χ0v) is 10.7. The van der Waals surface area contributed by atoms with E-state index in [1.54, 1.807) is 34.1 Å². The molecule has 0 aliphatic carbocycles. The van der Waals surface area contributed by atoms with Crippen LogP contribution in [0.15, 0.2) is 30.3 Å². The number of hydrogen-bond acceptors (Lipinski definition) is 4. The van der Waals surface area contributed by atoms with Gasteiger partial charge in [-0.15, -0.1) is 0 Å². The van der Waals surface area contributed by atoms with Crippen LogP contribution >= 0.6 is 0 Å². The van der Waals surface area contributed by atoms with E-state index in [2.05, 4.69) is 4.74 Å². The molecule has 1 fully saturated rings. The van der Waals surface area contributed by atoms with Crippen molar-refractivity contribution in [3.63, 3.8) is 0 Å². The smallest absolute Gasteiger partial charge is 0.415 e. The lowest BCUT2D eigenvalue weighted by Gasteiger charge is -2.33. The molecule has 19 heavy (non-hydrogen) atoms. The van der Waals surface area contributed by atoms with Crippen LogP contribution in [0.25, 0.3) is 0 Å². The first kappa shape index (κ1) is 13.2. The fourth-order valence-electron chi connectivity index (χ4n) is 1.85. The van der Waals surface area contributed by atoms with Crippen LogP contribution in [0.3, 0.4) is 0 Å². The van der Waals surface area contributed by atoms with E-state index in [4.69, 9.17) is 4.74 Å². The molecule has 102 valence electrons. The Labute approximate surface area is 111 Å². The Morgan fingerprint density at radius 3 is 2.00 bits per heavy atom. The summed E-state index contributed by atoms with van der Waals surface area (Å²) in [7, 11) is 1.35. The molecule has 2 rings (SSSR count). The number of para-hydroxylation sites is 1. The second-order valence-electron chi connectivity index (χ2n) is 4.13. The van der Waals surface area contributed by atoms with Gasteiger partial charge in [-0.1, -0.05) is 18.2 Å². The van der Waals surface area contributed by atoms with Gasteiger partial charge < -0.3 is 19.3 Å². The summed E-state index contributed by atoms with van der Waals surface area (Å²) in [4.78, 5) is 26.3. The minimum absolute atomic E-state index is 0.365. The standard InChI is InChI=1S/C13H16N2O4/c1-18-12(16)14-7-9-15(10-8-14)13(17)19-11-5-3-2-4-6-11/h2-6H,7-10H2,1H3. The van der Waals surface area contributed by atoms with E-state index >= 15 is 0 Å². The van der Waals surface area contributed by atoms with Crippen LogP contribution in [0, 0.1) is 0 Å². The van der Waals surface area contributed by atoms with Crippen LogP contribution in [0.2, 0.25) is 0 Å². The fourth-order valence-corrected chi connectivity index (χ4v) is 1.85. The largest absolute Gasteiger partial charge is 0.453 e. The van der Waals surface area contributed by atoms with E-state index in [-0.39, 0.29) is 6.09 Å². The highest BCUT2D eigenvalue weighted by Crippen LogP contribution is 2.11. The first-order valence-corrected chi connectivity index (χ1v) is 6.05. The van der Waals surface area contributed by atoms with Gasteiger partial charge in [0, 0.05) is 26.2 Å². The van der Waals surface area contributed by atoms with Crippen molar-refractivity contribution in [3.05, 3.63) is 30.3 Å². The molecule has 1 aromatic carbocycles. The van der Waals surface area contributed by atoms with Gasteiger partial charge in [-0.25, -0.2) is 9.59 Å². The van der Waals surface area contributed by atoms with Crippen molar-refractivity contribution in [2.24, 2.45) is 0 Å². The first-order chi connectivity index (χ1) is 9.20. The molecule has 0 atom stereocenters. The predicted octanol–water partition coefficient (Wildman–Crippen LogP) is 1.57. The SMILES string of the molecule is COC(=O)N1CCN(C(=O)Oc2ccccc2)CC1. The topological polar surface area (TPSA) is 59.1 Å². The Morgan fingerprint density at radius 1 is 0.947 bits per heavy atom. The number of methoxy groups -OCH3 is 1. The maximum absolute atomic E-state index is 11.9. The lowest BCUT2D eigenvalue weighted by Crippen LogP contribution is -2.51. The van der Waals surface area contributed by atoms with E-state index in [1.807, 2.05) is 6.07 Å². The van der Waals surface area contributed by atoms with Gasteiger partial charge in [-0.3, -0.25) is 0 Å². The van der Waals surface area contributed by atoms with Gasteiger partial charge in [0.05, 0.1) is 7.11 Å². The highest BCUT2D eigenvalue weighted by Gasteiger charge is 2.25. The maximum atomic E-state index is 11.9. The Balaban J connectivity index is 1.84. The summed E-state index contributed by atoms with van der Waals surface area (Å²) in [6, 6.07) is 8.91. The third-order valence-corrected chi connectivity index (χ3v) is 2.92. The summed E-state index contributed by atoms with van der Waals surface area (Å²) in [5, 5.41) is 0. The number of amides is 2. The second kappa shape index (κ2) is 6.08. The molecule has 1 saturated heterocycles. The molecule has 6 heteroatoms. The Bertz CT molecular complexity index is 441. The van der Waals surface area contributed by atoms with Crippen LogP contribution < -0.4 is 4.74 Å². The summed E-state index contributed by atoms with van der Waals surface area (Å²) >= 11 is 0. The summed E-state index contributed by atoms with van der Waals surface area (Å²) in [6.07, 6.45) is -0.758. The molecule has 0 radical (unpaired) electrons. The Hall–Kier alpha value is -2.24. The molecule has 1 aliphatic heterocycles. The van der Waals surface area contributed by atoms with Gasteiger partial charge in [-0.05, 0) is 12.1 Å². The van der Waals surface area contributed by atoms with Crippen molar-refractivity contribution in [2.45, 2.75) is 0 Å². The molecular formula is C13H16N2O4. The molecule has 0 N–H and O–H groups in total. The molecule has 2 amide bonds. The van der Waals surface area contributed by atoms with Gasteiger partial charge in [0.15, 0.2) is 0 Å². The third kappa shape index (κ3) is 3.37. The van der Waals surface area contributed by atoms with Crippen molar-refractivity contribution in [1.29, 1.82) is 0 Å². The number of nitrogens with zero attached hydrogens (tertiary/aromatic N) is 2. The average molecular weight is 264 g/mol. The Morgan fingerprint density at radius 2 is 1.47 bits per heavy atom. The van der Waals surface area contributed by atoms with Crippen LogP contribution in [0.4, 0.5) is 9.59 Å². The lowest BCUT2D eigenvalue weighted by molar-refractivity contribution is 0.0869. The maximum Gasteiger partial charge on any atom is 0.415 e. The van der Waals surface area contributed by atoms with Crippen molar-refractivity contribution >= 4 is 12.2 Å². The van der Waals surface area contributed by atoms with Gasteiger partial charge in [-0.2, -0.15) is 0 Å². The summed E-state index contributed by atoms with van der Waals surface area (Å²) in [6.45, 7) is 1.80. The fraction of sp³-hybridized carbons (Fsp3) is 0.385. The molecule has 0 aromatic heterocycles. The summed E-state index contributed by atoms with van der Waals surface area (Å²) < 4.78 is 9.86. The van der Waals surface area contributed by atoms with Crippen molar-refractivity contribution in [3.8, 4) is 5.75 Å². The van der Waals surface area contributed by atoms with Crippen LogP contribution in [0.5, 0.6) is 5.75 Å². The first-order valence-electron chi connectivity index (χ1n) is 6.05. The molecule has 0 saturated carbocycles. The summed E-state index contributed by atoms with van der Waals surface area (Å²) in [5.74, 6) is 0.517. The van der Waals surface area contributed by atoms with Crippen molar-refractivity contribution < 1.29 is 19.1 Å². The van der Waals surface area contributed by atoms with E-state index < -0.39 is 6.09 Å². The third-order valence-electron chi connectivity index (χ3n) is 2.92. The van der Waals surface area contributed by atoms with Gasteiger partial charge in [0.1, 0.15) is 5.75 Å². The van der Waals surface area contributed by atoms with Gasteiger partial charge in [0.25, 0.3) is 0 Å². The molecule has 1 aliphatic rings. The second-order valence-corrected chi connectivity index (χ2v) is 4.13. The number of carbonyl (C=O) groups is 2. The number of benzene rings is 1. The molecule has 0 unspecified atom stereocenters. The molecule has 6 nitrogen and oxygen atoms in total. The Kier molecular flexibility index (Phi) is 4.22. The van der Waals surface area contributed by atoms with Gasteiger partial charge in [0.2, 0.25) is 0 Å². The molecule has 1 aromatic rings. The number of hydrogen-bond donors (Lipinski definition) is 0. The van der Waals surface area contributed by atoms with Crippen LogP contribution in [0.1, 0.15) is 0 Å². The van der Waals surface area contributed by atoms with Gasteiger partial charge >= 0.3 is 12.2 Å². The van der Waals surface area contributed by atoms with Crippen LogP contribution in [-0.2, 0) is 4.74 Å². The number of carbonyl (C=O) groups excluding carboxylic acids is 2. The van der Waals surface area contributed by atoms with Crippen LogP contribution in [-0.4, -0.2) is 55.3 Å². The van der Waals surface area contributed by atoms with E-state index in [0.29, 0.717) is 31.9 Å². The highest BCUT2D eigenvalue weighted by molar-refractivity contribution is 5.72. The van der Waals surface area contributed by atoms with E-state index in [1.165, 1.54) is 7.11 Å². The minimum atomic E-state index is -0.393. The summed E-state index contributed by atoms with van der Waals surface area (Å²) in [5.41, 5.74) is 0. The minimum Gasteiger partial charge on any atom is -0.453 e. The number of piperazine rings is 1. The lowest BCUT2D eigenvalue weighted by atomic mass is 10.3. The van der Waals surface area contributed by atoms with E-state index in [0.717, 1.165) is 0 Å². The van der Waals surface area contributed by atoms with E-state index in [9.17, 15) is 9.59 Å². The highest BCUT2D eigenvalue weighted by atomic mass is 16.6. The normalized spacial score (nSPS) is 15.0. The predicted molar refractivity (Wildman–Crippen MR) is 68.0 cm³/mol. The number of rotatable bonds is 1. The number of ether oxygens (including phenoxy) is 2. The quantitative estimate of drug-likeness (QED) is 0.772. The average Bonchev–Trinajstić information content (AvgIpc) is 2.47.